The van der Waals surface area contributed by atoms with E-state index < -0.39 is 0 Å². The first-order valence-electron chi connectivity index (χ1n) is 10.9. The number of rotatable bonds is 8. The van der Waals surface area contributed by atoms with Crippen LogP contribution in [0.15, 0.2) is 58.5 Å². The molecule has 0 aliphatic rings. The minimum absolute atomic E-state index is 0.0637. The first-order chi connectivity index (χ1) is 15.5. The van der Waals surface area contributed by atoms with E-state index in [4.69, 9.17) is 0 Å². The molecular weight excluding hydrogens is 422 g/mol. The summed E-state index contributed by atoms with van der Waals surface area (Å²) < 4.78 is 3.57. The van der Waals surface area contributed by atoms with Crippen LogP contribution in [0.25, 0.3) is 16.7 Å². The molecule has 8 heteroatoms. The number of para-hydroxylation sites is 1. The maximum Gasteiger partial charge on any atom is 0.262 e. The van der Waals surface area contributed by atoms with Gasteiger partial charge in [0.25, 0.3) is 5.56 Å². The molecule has 0 bridgehead atoms. The quantitative estimate of drug-likeness (QED) is 0.404. The lowest BCUT2D eigenvalue weighted by Gasteiger charge is -2.12. The molecule has 0 aliphatic carbocycles. The summed E-state index contributed by atoms with van der Waals surface area (Å²) in [5, 5.41) is 12.8. The fourth-order valence-corrected chi connectivity index (χ4v) is 4.35. The Kier molecular flexibility index (Phi) is 6.60. The van der Waals surface area contributed by atoms with Crippen molar-refractivity contribution in [1.82, 2.24) is 19.2 Å². The Hall–Kier alpha value is -3.13. The van der Waals surface area contributed by atoms with Crippen molar-refractivity contribution in [1.29, 1.82) is 0 Å². The Labute approximate surface area is 190 Å². The van der Waals surface area contributed by atoms with Gasteiger partial charge in [0.15, 0.2) is 5.16 Å². The first-order valence-corrected chi connectivity index (χ1v) is 11.8. The Morgan fingerprint density at radius 1 is 1.12 bits per heavy atom. The zero-order chi connectivity index (χ0) is 22.7. The summed E-state index contributed by atoms with van der Waals surface area (Å²) in [5.74, 6) is 1.04. The number of nitrogens with zero attached hydrogens (tertiary/aromatic N) is 4. The van der Waals surface area contributed by atoms with Crippen molar-refractivity contribution < 1.29 is 4.79 Å². The van der Waals surface area contributed by atoms with Crippen molar-refractivity contribution in [2.45, 2.75) is 45.3 Å². The van der Waals surface area contributed by atoms with Crippen molar-refractivity contribution in [2.75, 3.05) is 11.1 Å². The van der Waals surface area contributed by atoms with Gasteiger partial charge in [0.2, 0.25) is 11.7 Å². The van der Waals surface area contributed by atoms with E-state index in [0.29, 0.717) is 28.8 Å². The van der Waals surface area contributed by atoms with E-state index in [1.807, 2.05) is 52.9 Å². The maximum atomic E-state index is 13.1. The standard InChI is InChI=1S/C24H27N5O2S/c1-4-17-8-7-9-18(14-17)25-21(30)15-32-24-27-26-23-28(13-12-16(2)3)22(31)19-10-5-6-11-20(19)29(23)24/h5-11,14,16H,4,12-13,15H2,1-3H3,(H,25,30). The molecule has 0 radical (unpaired) electrons. The van der Waals surface area contributed by atoms with Crippen molar-refractivity contribution in [3.05, 3.63) is 64.4 Å². The Morgan fingerprint density at radius 2 is 1.94 bits per heavy atom. The van der Waals surface area contributed by atoms with Crippen LogP contribution in [0.3, 0.4) is 0 Å². The molecule has 0 aliphatic heterocycles. The van der Waals surface area contributed by atoms with E-state index >= 15 is 0 Å². The van der Waals surface area contributed by atoms with Gasteiger partial charge in [-0.1, -0.05) is 56.8 Å². The third-order valence-corrected chi connectivity index (χ3v) is 6.29. The molecule has 0 saturated carbocycles. The summed E-state index contributed by atoms with van der Waals surface area (Å²) in [4.78, 5) is 25.7. The normalized spacial score (nSPS) is 11.5. The van der Waals surface area contributed by atoms with Crippen LogP contribution in [0.4, 0.5) is 5.69 Å². The van der Waals surface area contributed by atoms with Crippen LogP contribution in [0.2, 0.25) is 0 Å². The minimum Gasteiger partial charge on any atom is -0.325 e. The number of carbonyl (C=O) groups excluding carboxylic acids is 1. The highest BCUT2D eigenvalue weighted by molar-refractivity contribution is 7.99. The van der Waals surface area contributed by atoms with E-state index in [-0.39, 0.29) is 17.2 Å². The zero-order valence-corrected chi connectivity index (χ0v) is 19.4. The van der Waals surface area contributed by atoms with Gasteiger partial charge < -0.3 is 5.32 Å². The highest BCUT2D eigenvalue weighted by Gasteiger charge is 2.17. The van der Waals surface area contributed by atoms with E-state index in [1.165, 1.54) is 17.3 Å². The van der Waals surface area contributed by atoms with Crippen LogP contribution in [-0.2, 0) is 17.8 Å². The number of amides is 1. The molecule has 32 heavy (non-hydrogen) atoms. The summed E-state index contributed by atoms with van der Waals surface area (Å²) in [5.41, 5.74) is 2.64. The van der Waals surface area contributed by atoms with Crippen LogP contribution in [0.1, 0.15) is 32.8 Å². The lowest BCUT2D eigenvalue weighted by atomic mass is 10.1. The van der Waals surface area contributed by atoms with Crippen LogP contribution >= 0.6 is 11.8 Å². The average Bonchev–Trinajstić information content (AvgIpc) is 3.21. The summed E-state index contributed by atoms with van der Waals surface area (Å²) in [6.45, 7) is 6.91. The van der Waals surface area contributed by atoms with E-state index in [0.717, 1.165) is 24.0 Å². The molecule has 1 N–H and O–H groups in total. The maximum absolute atomic E-state index is 13.1. The third kappa shape index (κ3) is 4.55. The molecule has 0 unspecified atom stereocenters. The lowest BCUT2D eigenvalue weighted by Crippen LogP contribution is -2.24. The van der Waals surface area contributed by atoms with Gasteiger partial charge in [-0.2, -0.15) is 0 Å². The molecule has 0 spiro atoms. The van der Waals surface area contributed by atoms with Crippen molar-refractivity contribution >= 4 is 40.0 Å². The lowest BCUT2D eigenvalue weighted by molar-refractivity contribution is -0.113. The number of nitrogens with one attached hydrogen (secondary N) is 1. The smallest absolute Gasteiger partial charge is 0.262 e. The molecule has 0 fully saturated rings. The van der Waals surface area contributed by atoms with Gasteiger partial charge in [0.1, 0.15) is 0 Å². The molecule has 0 saturated heterocycles. The van der Waals surface area contributed by atoms with Crippen LogP contribution < -0.4 is 10.9 Å². The fourth-order valence-electron chi connectivity index (χ4n) is 3.61. The van der Waals surface area contributed by atoms with Crippen LogP contribution in [-0.4, -0.2) is 30.8 Å². The highest BCUT2D eigenvalue weighted by atomic mass is 32.2. The molecule has 2 aromatic carbocycles. The summed E-state index contributed by atoms with van der Waals surface area (Å²) in [6.07, 6.45) is 1.78. The van der Waals surface area contributed by atoms with E-state index in [2.05, 4.69) is 36.3 Å². The second-order valence-electron chi connectivity index (χ2n) is 8.17. The molecule has 166 valence electrons. The summed E-state index contributed by atoms with van der Waals surface area (Å²) in [7, 11) is 0. The van der Waals surface area contributed by atoms with Gasteiger partial charge in [0, 0.05) is 12.2 Å². The molecule has 1 amide bonds. The predicted molar refractivity (Wildman–Crippen MR) is 129 cm³/mol. The second-order valence-corrected chi connectivity index (χ2v) is 9.11. The van der Waals surface area contributed by atoms with Crippen molar-refractivity contribution in [3.63, 3.8) is 0 Å². The van der Waals surface area contributed by atoms with E-state index in [1.54, 1.807) is 4.57 Å². The Balaban J connectivity index is 1.63. The van der Waals surface area contributed by atoms with Gasteiger partial charge in [-0.3, -0.25) is 18.6 Å². The average molecular weight is 450 g/mol. The Morgan fingerprint density at radius 3 is 2.72 bits per heavy atom. The highest BCUT2D eigenvalue weighted by Crippen LogP contribution is 2.22. The van der Waals surface area contributed by atoms with Gasteiger partial charge in [0.05, 0.1) is 16.7 Å². The van der Waals surface area contributed by atoms with Gasteiger partial charge in [-0.05, 0) is 48.6 Å². The SMILES string of the molecule is CCc1cccc(NC(=O)CSc2nnc3n(CCC(C)C)c(=O)c4ccccc4n23)c1. The first kappa shape index (κ1) is 22.1. The Bertz CT molecular complexity index is 1330. The van der Waals surface area contributed by atoms with Crippen molar-refractivity contribution in [3.8, 4) is 0 Å². The van der Waals surface area contributed by atoms with E-state index in [9.17, 15) is 9.59 Å². The number of hydrogen-bond donors (Lipinski definition) is 1. The minimum atomic E-state index is -0.113. The topological polar surface area (TPSA) is 81.3 Å². The third-order valence-electron chi connectivity index (χ3n) is 5.36. The number of benzene rings is 2. The molecule has 2 heterocycles. The number of thioether (sulfide) groups is 1. The van der Waals surface area contributed by atoms with Gasteiger partial charge in [-0.15, -0.1) is 10.2 Å². The predicted octanol–water partition coefficient (Wildman–Crippen LogP) is 4.38. The molecule has 0 atom stereocenters. The fraction of sp³-hybridized carbons (Fsp3) is 0.333. The monoisotopic (exact) mass is 449 g/mol. The number of anilines is 1. The molecule has 4 aromatic rings. The molecular formula is C24H27N5O2S. The molecule has 7 nitrogen and oxygen atoms in total. The number of fused-ring (bicyclic) bond motifs is 3. The number of aryl methyl sites for hydroxylation is 2. The number of aromatic nitrogens is 4. The summed E-state index contributed by atoms with van der Waals surface area (Å²) in [6, 6.07) is 15.3. The number of carbonyl (C=O) groups is 1. The summed E-state index contributed by atoms with van der Waals surface area (Å²) >= 11 is 1.31. The zero-order valence-electron chi connectivity index (χ0n) is 18.5. The molecule has 2 aromatic heterocycles. The van der Waals surface area contributed by atoms with Gasteiger partial charge >= 0.3 is 0 Å². The van der Waals surface area contributed by atoms with Gasteiger partial charge in [-0.25, -0.2) is 0 Å². The molecule has 4 rings (SSSR count). The largest absolute Gasteiger partial charge is 0.325 e. The second kappa shape index (κ2) is 9.56. The van der Waals surface area contributed by atoms with Crippen LogP contribution in [0.5, 0.6) is 0 Å². The van der Waals surface area contributed by atoms with Crippen LogP contribution in [0, 0.1) is 5.92 Å². The van der Waals surface area contributed by atoms with Crippen molar-refractivity contribution in [2.24, 2.45) is 5.92 Å². The number of hydrogen-bond acceptors (Lipinski definition) is 5.